The molecule has 0 aromatic heterocycles. The number of nitrogens with zero attached hydrogens (tertiary/aromatic N) is 2. The molecule has 18 heavy (non-hydrogen) atoms. The molecule has 0 aliphatic carbocycles. The zero-order valence-electron chi connectivity index (χ0n) is 10.7. The van der Waals surface area contributed by atoms with Crippen molar-refractivity contribution in [3.05, 3.63) is 0 Å². The van der Waals surface area contributed by atoms with Crippen LogP contribution in [0, 0.1) is 5.92 Å². The number of carboxylic acids is 1. The first-order chi connectivity index (χ1) is 8.56. The Hall–Kier alpha value is -1.30. The molecule has 1 unspecified atom stereocenters. The van der Waals surface area contributed by atoms with Crippen molar-refractivity contribution < 1.29 is 19.4 Å². The minimum atomic E-state index is -0.792. The number of hydrogen-bond acceptors (Lipinski definition) is 3. The first kappa shape index (κ1) is 13.1. The van der Waals surface area contributed by atoms with E-state index in [1.165, 1.54) is 0 Å². The summed E-state index contributed by atoms with van der Waals surface area (Å²) in [4.78, 5) is 25.9. The van der Waals surface area contributed by atoms with Crippen LogP contribution in [0.15, 0.2) is 0 Å². The standard InChI is InChI=1S/C12H20N2O4/c1-13(8-10-3-2-4-18-10)12(17)14-6-9(7-14)5-11(15)16/h9-10H,2-8H2,1H3,(H,15,16). The van der Waals surface area contributed by atoms with Crippen molar-refractivity contribution in [3.8, 4) is 0 Å². The van der Waals surface area contributed by atoms with E-state index < -0.39 is 5.97 Å². The lowest BCUT2D eigenvalue weighted by Crippen LogP contribution is -2.55. The Morgan fingerprint density at radius 3 is 2.72 bits per heavy atom. The topological polar surface area (TPSA) is 70.1 Å². The van der Waals surface area contributed by atoms with Crippen molar-refractivity contribution in [1.82, 2.24) is 9.80 Å². The Bertz CT molecular complexity index is 322. The SMILES string of the molecule is CN(CC1CCCO1)C(=O)N1CC(CC(=O)O)C1. The van der Waals surface area contributed by atoms with Crippen molar-refractivity contribution in [2.45, 2.75) is 25.4 Å². The fourth-order valence-electron chi connectivity index (χ4n) is 2.52. The Morgan fingerprint density at radius 1 is 1.44 bits per heavy atom. The third-order valence-corrected chi connectivity index (χ3v) is 3.52. The Balaban J connectivity index is 1.70. The van der Waals surface area contributed by atoms with Gasteiger partial charge in [0.25, 0.3) is 0 Å². The fraction of sp³-hybridized carbons (Fsp3) is 0.833. The van der Waals surface area contributed by atoms with Crippen molar-refractivity contribution in [2.24, 2.45) is 5.92 Å². The van der Waals surface area contributed by atoms with Gasteiger partial charge in [0.05, 0.1) is 12.5 Å². The quantitative estimate of drug-likeness (QED) is 0.800. The second-order valence-corrected chi connectivity index (χ2v) is 5.17. The van der Waals surface area contributed by atoms with E-state index >= 15 is 0 Å². The summed E-state index contributed by atoms with van der Waals surface area (Å²) in [5.41, 5.74) is 0. The number of hydrogen-bond donors (Lipinski definition) is 1. The summed E-state index contributed by atoms with van der Waals surface area (Å²) in [6.45, 7) is 2.53. The average Bonchev–Trinajstić information content (AvgIpc) is 2.74. The molecule has 2 aliphatic rings. The van der Waals surface area contributed by atoms with E-state index in [-0.39, 0.29) is 24.5 Å². The van der Waals surface area contributed by atoms with Crippen molar-refractivity contribution >= 4 is 12.0 Å². The van der Waals surface area contributed by atoms with E-state index in [0.29, 0.717) is 19.6 Å². The molecular formula is C12H20N2O4. The van der Waals surface area contributed by atoms with Crippen molar-refractivity contribution in [2.75, 3.05) is 33.3 Å². The highest BCUT2D eigenvalue weighted by molar-refractivity contribution is 5.75. The predicted octanol–water partition coefficient (Wildman–Crippen LogP) is 0.624. The first-order valence-electron chi connectivity index (χ1n) is 6.39. The number of aliphatic carboxylic acids is 1. The minimum absolute atomic E-state index is 0.0212. The number of likely N-dealkylation sites (N-methyl/N-ethyl adjacent to an activating group) is 1. The molecule has 1 atom stereocenters. The molecule has 2 aliphatic heterocycles. The normalized spacial score (nSPS) is 23.8. The molecular weight excluding hydrogens is 236 g/mol. The van der Waals surface area contributed by atoms with Gasteiger partial charge in [-0.15, -0.1) is 0 Å². The van der Waals surface area contributed by atoms with Gasteiger partial charge in [0.2, 0.25) is 0 Å². The zero-order valence-corrected chi connectivity index (χ0v) is 10.7. The van der Waals surface area contributed by atoms with Crippen LogP contribution in [0.1, 0.15) is 19.3 Å². The molecule has 2 rings (SSSR count). The molecule has 0 aromatic carbocycles. The molecule has 2 fully saturated rings. The summed E-state index contributed by atoms with van der Waals surface area (Å²) in [5.74, 6) is -0.678. The van der Waals surface area contributed by atoms with Crippen molar-refractivity contribution in [3.63, 3.8) is 0 Å². The lowest BCUT2D eigenvalue weighted by Gasteiger charge is -2.40. The van der Waals surface area contributed by atoms with Crippen molar-refractivity contribution in [1.29, 1.82) is 0 Å². The van der Waals surface area contributed by atoms with E-state index in [4.69, 9.17) is 9.84 Å². The van der Waals surface area contributed by atoms with Crippen LogP contribution in [0.5, 0.6) is 0 Å². The van der Waals surface area contributed by atoms with Crippen LogP contribution in [0.3, 0.4) is 0 Å². The number of urea groups is 1. The molecule has 102 valence electrons. The van der Waals surface area contributed by atoms with Crippen LogP contribution in [0.4, 0.5) is 4.79 Å². The summed E-state index contributed by atoms with van der Waals surface area (Å²) in [5, 5.41) is 8.64. The van der Waals surface area contributed by atoms with Gasteiger partial charge < -0.3 is 19.6 Å². The van der Waals surface area contributed by atoms with Gasteiger partial charge in [0.1, 0.15) is 0 Å². The number of rotatable bonds is 4. The molecule has 6 nitrogen and oxygen atoms in total. The molecule has 1 N–H and O–H groups in total. The van der Waals surface area contributed by atoms with Gasteiger partial charge in [-0.1, -0.05) is 0 Å². The summed E-state index contributed by atoms with van der Waals surface area (Å²) in [6.07, 6.45) is 2.39. The Labute approximate surface area is 106 Å². The van der Waals surface area contributed by atoms with Gasteiger partial charge in [-0.05, 0) is 12.8 Å². The number of carboxylic acid groups (broad SMARTS) is 1. The summed E-state index contributed by atoms with van der Waals surface area (Å²) < 4.78 is 5.49. The smallest absolute Gasteiger partial charge is 0.319 e. The van der Waals surface area contributed by atoms with E-state index in [1.54, 1.807) is 16.8 Å². The molecule has 0 saturated carbocycles. The van der Waals surface area contributed by atoms with Gasteiger partial charge in [-0.25, -0.2) is 4.79 Å². The highest BCUT2D eigenvalue weighted by atomic mass is 16.5. The molecule has 2 saturated heterocycles. The minimum Gasteiger partial charge on any atom is -0.481 e. The van der Waals surface area contributed by atoms with Gasteiger partial charge in [-0.2, -0.15) is 0 Å². The largest absolute Gasteiger partial charge is 0.481 e. The monoisotopic (exact) mass is 256 g/mol. The number of ether oxygens (including phenoxy) is 1. The average molecular weight is 256 g/mol. The summed E-state index contributed by atoms with van der Waals surface area (Å²) in [6, 6.07) is -0.0212. The number of likely N-dealkylation sites (tertiary alicyclic amines) is 1. The van der Waals surface area contributed by atoms with E-state index in [1.807, 2.05) is 0 Å². The maximum atomic E-state index is 12.0. The van der Waals surface area contributed by atoms with E-state index in [2.05, 4.69) is 0 Å². The zero-order chi connectivity index (χ0) is 13.1. The van der Waals surface area contributed by atoms with Crippen LogP contribution >= 0.6 is 0 Å². The Morgan fingerprint density at radius 2 is 2.17 bits per heavy atom. The van der Waals surface area contributed by atoms with Gasteiger partial charge in [0.15, 0.2) is 0 Å². The van der Waals surface area contributed by atoms with Gasteiger partial charge in [-0.3, -0.25) is 4.79 Å². The Kier molecular flexibility index (Phi) is 4.06. The third-order valence-electron chi connectivity index (χ3n) is 3.52. The molecule has 0 aromatic rings. The molecule has 0 radical (unpaired) electrons. The highest BCUT2D eigenvalue weighted by Crippen LogP contribution is 2.21. The van der Waals surface area contributed by atoms with E-state index in [0.717, 1.165) is 19.4 Å². The number of carbonyl (C=O) groups excluding carboxylic acids is 1. The van der Waals surface area contributed by atoms with Crippen LogP contribution in [-0.4, -0.2) is 66.3 Å². The highest BCUT2D eigenvalue weighted by Gasteiger charge is 2.34. The lowest BCUT2D eigenvalue weighted by atomic mass is 9.97. The third kappa shape index (κ3) is 3.13. The van der Waals surface area contributed by atoms with Crippen LogP contribution in [0.2, 0.25) is 0 Å². The molecule has 6 heteroatoms. The van der Waals surface area contributed by atoms with Crippen LogP contribution in [0.25, 0.3) is 0 Å². The van der Waals surface area contributed by atoms with E-state index in [9.17, 15) is 9.59 Å². The maximum absolute atomic E-state index is 12.0. The maximum Gasteiger partial charge on any atom is 0.319 e. The van der Waals surface area contributed by atoms with Crippen LogP contribution in [-0.2, 0) is 9.53 Å². The van der Waals surface area contributed by atoms with Gasteiger partial charge >= 0.3 is 12.0 Å². The number of amides is 2. The molecule has 2 heterocycles. The molecule has 0 bridgehead atoms. The molecule has 0 spiro atoms. The predicted molar refractivity (Wildman–Crippen MR) is 64.3 cm³/mol. The second kappa shape index (κ2) is 5.56. The fourth-order valence-corrected chi connectivity index (χ4v) is 2.52. The first-order valence-corrected chi connectivity index (χ1v) is 6.39. The lowest BCUT2D eigenvalue weighted by molar-refractivity contribution is -0.139. The summed E-state index contributed by atoms with van der Waals surface area (Å²) in [7, 11) is 1.77. The van der Waals surface area contributed by atoms with Gasteiger partial charge in [0, 0.05) is 39.2 Å². The van der Waals surface area contributed by atoms with Crippen LogP contribution < -0.4 is 0 Å². The number of carbonyl (C=O) groups is 2. The summed E-state index contributed by atoms with van der Waals surface area (Å²) >= 11 is 0. The second-order valence-electron chi connectivity index (χ2n) is 5.17. The molecule has 2 amide bonds.